The van der Waals surface area contributed by atoms with Crippen molar-refractivity contribution in [2.45, 2.75) is 38.7 Å². The van der Waals surface area contributed by atoms with Crippen LogP contribution in [-0.4, -0.2) is 40.8 Å². The highest BCUT2D eigenvalue weighted by atomic mass is 35.5. The summed E-state index contributed by atoms with van der Waals surface area (Å²) in [7, 11) is 0. The molecule has 2 amide bonds. The van der Waals surface area contributed by atoms with Gasteiger partial charge in [0.15, 0.2) is 5.79 Å². The fraction of sp³-hybridized carbons (Fsp3) is 0.588. The first-order valence-electron chi connectivity index (χ1n) is 8.68. The smallest absolute Gasteiger partial charge is 0.348 e. The summed E-state index contributed by atoms with van der Waals surface area (Å²) in [5, 5.41) is 0.00426. The van der Waals surface area contributed by atoms with E-state index in [0.717, 1.165) is 17.1 Å². The van der Waals surface area contributed by atoms with E-state index in [9.17, 15) is 22.8 Å². The highest BCUT2D eigenvalue weighted by Gasteiger charge is 2.46. The number of hydrazine groups is 1. The average Bonchev–Trinajstić information content (AvgIpc) is 3.11. The Morgan fingerprint density at radius 2 is 1.93 bits per heavy atom. The molecule has 2 aliphatic heterocycles. The second kappa shape index (κ2) is 7.49. The number of amides is 2. The van der Waals surface area contributed by atoms with Gasteiger partial charge in [-0.1, -0.05) is 18.5 Å². The van der Waals surface area contributed by atoms with E-state index in [4.69, 9.17) is 21.1 Å². The Hall–Kier alpha value is -1.91. The number of pyridine rings is 1. The Bertz CT molecular complexity index is 783. The van der Waals surface area contributed by atoms with Crippen LogP contribution in [0.1, 0.15) is 32.3 Å². The lowest BCUT2D eigenvalue weighted by molar-refractivity contribution is -0.151. The van der Waals surface area contributed by atoms with Crippen molar-refractivity contribution in [2.75, 3.05) is 18.6 Å². The minimum absolute atomic E-state index is 0.137. The Kier molecular flexibility index (Phi) is 5.57. The molecular weight excluding hydrogens is 403 g/mol. The van der Waals surface area contributed by atoms with Crippen LogP contribution >= 0.6 is 11.6 Å². The third-order valence-electron chi connectivity index (χ3n) is 4.94. The van der Waals surface area contributed by atoms with Crippen molar-refractivity contribution < 1.29 is 32.2 Å². The van der Waals surface area contributed by atoms with Gasteiger partial charge in [-0.05, 0) is 25.5 Å². The Labute approximate surface area is 164 Å². The van der Waals surface area contributed by atoms with Crippen LogP contribution in [0.25, 0.3) is 0 Å². The molecule has 2 unspecified atom stereocenters. The highest BCUT2D eigenvalue weighted by Crippen LogP contribution is 2.36. The van der Waals surface area contributed by atoms with E-state index in [-0.39, 0.29) is 5.82 Å². The molecule has 0 aromatic carbocycles. The van der Waals surface area contributed by atoms with Gasteiger partial charge in [-0.2, -0.15) is 18.2 Å². The van der Waals surface area contributed by atoms with Crippen LogP contribution in [-0.2, 0) is 25.2 Å². The monoisotopic (exact) mass is 421 g/mol. The minimum atomic E-state index is -4.65. The number of ether oxygens (including phenoxy) is 2. The number of rotatable bonds is 5. The van der Waals surface area contributed by atoms with E-state index in [0.29, 0.717) is 26.1 Å². The second-order valence-electron chi connectivity index (χ2n) is 6.92. The molecule has 2 atom stereocenters. The number of carbonyl (C=O) groups is 2. The van der Waals surface area contributed by atoms with Crippen molar-refractivity contribution in [3.63, 3.8) is 0 Å². The number of nitrogens with zero attached hydrogens (tertiary/aromatic N) is 2. The normalized spacial score (nSPS) is 24.9. The molecule has 0 spiro atoms. The molecule has 2 fully saturated rings. The van der Waals surface area contributed by atoms with E-state index in [2.05, 4.69) is 10.4 Å². The number of hydrogen-bond acceptors (Lipinski definition) is 6. The molecule has 28 heavy (non-hydrogen) atoms. The van der Waals surface area contributed by atoms with Crippen molar-refractivity contribution in [3.8, 4) is 0 Å². The number of halogens is 4. The van der Waals surface area contributed by atoms with E-state index in [1.54, 1.807) is 13.8 Å². The van der Waals surface area contributed by atoms with Gasteiger partial charge in [-0.15, -0.1) is 0 Å². The van der Waals surface area contributed by atoms with Crippen LogP contribution in [0.5, 0.6) is 0 Å². The molecule has 11 heteroatoms. The van der Waals surface area contributed by atoms with Crippen molar-refractivity contribution >= 4 is 29.2 Å². The summed E-state index contributed by atoms with van der Waals surface area (Å²) in [4.78, 5) is 28.7. The first-order valence-corrected chi connectivity index (χ1v) is 9.06. The fourth-order valence-corrected chi connectivity index (χ4v) is 3.55. The predicted octanol–water partition coefficient (Wildman–Crippen LogP) is 3.25. The highest BCUT2D eigenvalue weighted by molar-refractivity contribution is 6.30. The molecule has 154 valence electrons. The maximum absolute atomic E-state index is 12.8. The Balaban J connectivity index is 1.70. The fourth-order valence-electron chi connectivity index (χ4n) is 3.29. The lowest BCUT2D eigenvalue weighted by Crippen LogP contribution is -2.37. The molecule has 1 aromatic heterocycles. The summed E-state index contributed by atoms with van der Waals surface area (Å²) in [6.07, 6.45) is -3.86. The maximum atomic E-state index is 12.8. The van der Waals surface area contributed by atoms with E-state index < -0.39 is 46.3 Å². The SMILES string of the molecule is CC1C(=O)N(Nc2ccc(C(F)(F)F)c(Cl)n2)C(=O)C1CCC1(C)OCCO1. The number of anilines is 1. The molecule has 1 N–H and O–H groups in total. The van der Waals surface area contributed by atoms with Crippen molar-refractivity contribution in [1.82, 2.24) is 9.99 Å². The molecular formula is C17H19ClF3N3O4. The first-order chi connectivity index (χ1) is 13.0. The summed E-state index contributed by atoms with van der Waals surface area (Å²) in [6.45, 7) is 4.34. The van der Waals surface area contributed by atoms with Crippen LogP contribution < -0.4 is 5.43 Å². The molecule has 0 radical (unpaired) electrons. The molecule has 0 saturated carbocycles. The van der Waals surface area contributed by atoms with E-state index in [1.165, 1.54) is 0 Å². The van der Waals surface area contributed by atoms with Gasteiger partial charge in [-0.25, -0.2) is 4.98 Å². The molecule has 2 aliphatic rings. The third-order valence-corrected chi connectivity index (χ3v) is 5.23. The lowest BCUT2D eigenvalue weighted by atomic mass is 9.90. The van der Waals surface area contributed by atoms with Gasteiger partial charge >= 0.3 is 6.18 Å². The predicted molar refractivity (Wildman–Crippen MR) is 91.9 cm³/mol. The molecule has 7 nitrogen and oxygen atoms in total. The Morgan fingerprint density at radius 1 is 1.29 bits per heavy atom. The summed E-state index contributed by atoms with van der Waals surface area (Å²) in [5.41, 5.74) is 1.36. The van der Waals surface area contributed by atoms with E-state index in [1.807, 2.05) is 0 Å². The average molecular weight is 422 g/mol. The first kappa shape index (κ1) is 20.8. The quantitative estimate of drug-likeness (QED) is 0.580. The van der Waals surface area contributed by atoms with Gasteiger partial charge in [-0.3, -0.25) is 15.0 Å². The summed E-state index contributed by atoms with van der Waals surface area (Å²) in [6, 6.07) is 1.74. The third kappa shape index (κ3) is 4.08. The zero-order valence-corrected chi connectivity index (χ0v) is 15.9. The number of imide groups is 1. The van der Waals surface area contributed by atoms with Gasteiger partial charge in [0, 0.05) is 12.3 Å². The van der Waals surface area contributed by atoms with Crippen molar-refractivity contribution in [1.29, 1.82) is 0 Å². The molecule has 0 aliphatic carbocycles. The van der Waals surface area contributed by atoms with Gasteiger partial charge in [0.25, 0.3) is 11.8 Å². The number of nitrogens with one attached hydrogen (secondary N) is 1. The number of hydrogen-bond donors (Lipinski definition) is 1. The van der Waals surface area contributed by atoms with Gasteiger partial charge in [0.2, 0.25) is 0 Å². The van der Waals surface area contributed by atoms with Crippen LogP contribution in [0.15, 0.2) is 12.1 Å². The van der Waals surface area contributed by atoms with Gasteiger partial charge < -0.3 is 9.47 Å². The number of carbonyl (C=O) groups excluding carboxylic acids is 2. The molecule has 0 bridgehead atoms. The maximum Gasteiger partial charge on any atom is 0.419 e. The van der Waals surface area contributed by atoms with Crippen molar-refractivity contribution in [3.05, 3.63) is 22.8 Å². The van der Waals surface area contributed by atoms with E-state index >= 15 is 0 Å². The molecule has 2 saturated heterocycles. The summed E-state index contributed by atoms with van der Waals surface area (Å²) >= 11 is 5.58. The second-order valence-corrected chi connectivity index (χ2v) is 7.28. The standard InChI is InChI=1S/C17H19ClF3N3O4/c1-9-10(5-6-16(2)27-7-8-28-16)15(26)24(14(9)25)23-12-4-3-11(13(18)22-12)17(19,20)21/h3-4,9-10H,5-8H2,1-2H3,(H,22,23). The molecule has 1 aromatic rings. The number of alkyl halides is 3. The van der Waals surface area contributed by atoms with Crippen LogP contribution in [0.4, 0.5) is 19.0 Å². The number of aromatic nitrogens is 1. The van der Waals surface area contributed by atoms with Crippen molar-refractivity contribution in [2.24, 2.45) is 11.8 Å². The zero-order valence-electron chi connectivity index (χ0n) is 15.2. The van der Waals surface area contributed by atoms with Crippen LogP contribution in [0.2, 0.25) is 5.15 Å². The minimum Gasteiger partial charge on any atom is -0.348 e. The van der Waals surface area contributed by atoms with Gasteiger partial charge in [0.1, 0.15) is 11.0 Å². The van der Waals surface area contributed by atoms with Gasteiger partial charge in [0.05, 0.1) is 24.7 Å². The summed E-state index contributed by atoms with van der Waals surface area (Å²) < 4.78 is 49.3. The molecule has 3 heterocycles. The topological polar surface area (TPSA) is 80.8 Å². The summed E-state index contributed by atoms with van der Waals surface area (Å²) in [5.74, 6) is -3.11. The lowest BCUT2D eigenvalue weighted by Gasteiger charge is -2.24. The van der Waals surface area contributed by atoms with Crippen LogP contribution in [0.3, 0.4) is 0 Å². The van der Waals surface area contributed by atoms with Crippen LogP contribution in [0, 0.1) is 11.8 Å². The Morgan fingerprint density at radius 3 is 2.50 bits per heavy atom. The zero-order chi connectivity index (χ0) is 20.7. The molecule has 3 rings (SSSR count). The largest absolute Gasteiger partial charge is 0.419 e.